The standard InChI is InChI=1S/C13H11NO6/c1-8(7-11(12(15)16)13(17)18)6-9-2-4-10(5-3-9)14(19)20/h2-7H,1H3,(H,15,16)(H,17,18)/b8-6+. The molecule has 1 aromatic rings. The molecule has 104 valence electrons. The molecule has 0 aromatic heterocycles. The van der Waals surface area contributed by atoms with Gasteiger partial charge in [0.25, 0.3) is 5.69 Å². The van der Waals surface area contributed by atoms with Crippen molar-refractivity contribution in [3.05, 3.63) is 57.2 Å². The molecule has 0 saturated heterocycles. The quantitative estimate of drug-likeness (QED) is 0.212. The van der Waals surface area contributed by atoms with E-state index in [1.807, 2.05) is 0 Å². The first-order chi connectivity index (χ1) is 9.31. The van der Waals surface area contributed by atoms with Crippen molar-refractivity contribution in [1.29, 1.82) is 0 Å². The first kappa shape index (κ1) is 15.1. The molecule has 1 aromatic carbocycles. The zero-order chi connectivity index (χ0) is 15.3. The lowest BCUT2D eigenvalue weighted by Gasteiger charge is -1.98. The normalized spacial score (nSPS) is 10.8. The number of aliphatic carboxylic acids is 2. The summed E-state index contributed by atoms with van der Waals surface area (Å²) in [6.07, 6.45) is 2.54. The van der Waals surface area contributed by atoms with Crippen LogP contribution in [-0.2, 0) is 9.59 Å². The number of allylic oxidation sites excluding steroid dienone is 2. The molecule has 0 aliphatic carbocycles. The summed E-state index contributed by atoms with van der Waals surface area (Å²) < 4.78 is 0. The van der Waals surface area contributed by atoms with Gasteiger partial charge in [-0.1, -0.05) is 6.08 Å². The molecule has 0 heterocycles. The van der Waals surface area contributed by atoms with Gasteiger partial charge in [-0.05, 0) is 36.3 Å². The van der Waals surface area contributed by atoms with Crippen molar-refractivity contribution in [2.45, 2.75) is 6.92 Å². The first-order valence-electron chi connectivity index (χ1n) is 5.42. The zero-order valence-electron chi connectivity index (χ0n) is 10.4. The van der Waals surface area contributed by atoms with Crippen LogP contribution in [0.3, 0.4) is 0 Å². The Kier molecular flexibility index (Phi) is 4.74. The average Bonchev–Trinajstić information content (AvgIpc) is 2.35. The number of carboxylic acid groups (broad SMARTS) is 2. The number of non-ortho nitro benzene ring substituents is 1. The molecule has 1 rings (SSSR count). The number of nitrogens with zero attached hydrogens (tertiary/aromatic N) is 1. The lowest BCUT2D eigenvalue weighted by atomic mass is 10.1. The summed E-state index contributed by atoms with van der Waals surface area (Å²) in [4.78, 5) is 31.3. The fraction of sp³-hybridized carbons (Fsp3) is 0.0769. The number of hydrogen-bond donors (Lipinski definition) is 2. The summed E-state index contributed by atoms with van der Waals surface area (Å²) in [5.74, 6) is -3.07. The van der Waals surface area contributed by atoms with Crippen molar-refractivity contribution in [1.82, 2.24) is 0 Å². The van der Waals surface area contributed by atoms with Gasteiger partial charge in [0, 0.05) is 12.1 Å². The van der Waals surface area contributed by atoms with E-state index in [1.165, 1.54) is 37.3 Å². The highest BCUT2D eigenvalue weighted by molar-refractivity contribution is 6.12. The highest BCUT2D eigenvalue weighted by atomic mass is 16.6. The molecule has 0 amide bonds. The second kappa shape index (κ2) is 6.28. The third-order valence-corrected chi connectivity index (χ3v) is 2.33. The Bertz CT molecular complexity index is 596. The number of carboxylic acids is 2. The predicted octanol–water partition coefficient (Wildman–Crippen LogP) is 2.09. The number of rotatable bonds is 5. The van der Waals surface area contributed by atoms with Crippen LogP contribution in [0, 0.1) is 10.1 Å². The summed E-state index contributed by atoms with van der Waals surface area (Å²) in [5.41, 5.74) is 0.186. The maximum Gasteiger partial charge on any atom is 0.343 e. The summed E-state index contributed by atoms with van der Waals surface area (Å²) in [6, 6.07) is 5.57. The molecule has 7 nitrogen and oxygen atoms in total. The second-order valence-corrected chi connectivity index (χ2v) is 3.91. The van der Waals surface area contributed by atoms with Gasteiger partial charge in [0.15, 0.2) is 0 Å². The molecular formula is C13H11NO6. The molecule has 0 aliphatic heterocycles. The molecule has 0 atom stereocenters. The fourth-order valence-electron chi connectivity index (χ4n) is 1.44. The summed E-state index contributed by atoms with van der Waals surface area (Å²) in [7, 11) is 0. The van der Waals surface area contributed by atoms with Crippen LogP contribution in [0.5, 0.6) is 0 Å². The van der Waals surface area contributed by atoms with E-state index in [9.17, 15) is 19.7 Å². The Morgan fingerprint density at radius 1 is 1.15 bits per heavy atom. The van der Waals surface area contributed by atoms with Gasteiger partial charge in [-0.15, -0.1) is 0 Å². The second-order valence-electron chi connectivity index (χ2n) is 3.91. The molecule has 0 aliphatic rings. The molecule has 0 radical (unpaired) electrons. The monoisotopic (exact) mass is 277 g/mol. The Hall–Kier alpha value is -2.96. The summed E-state index contributed by atoms with van der Waals surface area (Å²) in [6.45, 7) is 1.54. The van der Waals surface area contributed by atoms with Gasteiger partial charge in [-0.3, -0.25) is 10.1 Å². The minimum absolute atomic E-state index is 0.0629. The molecular weight excluding hydrogens is 266 g/mol. The summed E-state index contributed by atoms with van der Waals surface area (Å²) in [5, 5.41) is 27.9. The molecule has 7 heteroatoms. The van der Waals surface area contributed by atoms with Gasteiger partial charge in [0.05, 0.1) is 4.92 Å². The molecule has 0 saturated carbocycles. The largest absolute Gasteiger partial charge is 0.477 e. The molecule has 20 heavy (non-hydrogen) atoms. The Morgan fingerprint density at radius 2 is 1.65 bits per heavy atom. The lowest BCUT2D eigenvalue weighted by Crippen LogP contribution is -2.11. The third-order valence-electron chi connectivity index (χ3n) is 2.33. The molecule has 0 bridgehead atoms. The van der Waals surface area contributed by atoms with Crippen LogP contribution in [0.4, 0.5) is 5.69 Å². The molecule has 0 spiro atoms. The van der Waals surface area contributed by atoms with E-state index in [4.69, 9.17) is 10.2 Å². The SMILES string of the molecule is C/C(C=C(C(=O)O)C(=O)O)=C\c1ccc([N+](=O)[O-])cc1. The zero-order valence-corrected chi connectivity index (χ0v) is 10.4. The van der Waals surface area contributed by atoms with Crippen molar-refractivity contribution < 1.29 is 24.7 Å². The third kappa shape index (κ3) is 4.05. The fourth-order valence-corrected chi connectivity index (χ4v) is 1.44. The van der Waals surface area contributed by atoms with Crippen molar-refractivity contribution in [2.75, 3.05) is 0 Å². The Morgan fingerprint density at radius 3 is 2.05 bits per heavy atom. The van der Waals surface area contributed by atoms with Crippen LogP contribution in [-0.4, -0.2) is 27.1 Å². The maximum atomic E-state index is 10.7. The van der Waals surface area contributed by atoms with Gasteiger partial charge >= 0.3 is 11.9 Å². The number of hydrogen-bond acceptors (Lipinski definition) is 4. The van der Waals surface area contributed by atoms with Crippen LogP contribution in [0.2, 0.25) is 0 Å². The minimum atomic E-state index is -1.53. The van der Waals surface area contributed by atoms with Gasteiger partial charge in [0.2, 0.25) is 0 Å². The summed E-state index contributed by atoms with van der Waals surface area (Å²) >= 11 is 0. The van der Waals surface area contributed by atoms with Crippen LogP contribution in [0.15, 0.2) is 41.5 Å². The lowest BCUT2D eigenvalue weighted by molar-refractivity contribution is -0.384. The molecule has 2 N–H and O–H groups in total. The molecule has 0 fully saturated rings. The van der Waals surface area contributed by atoms with E-state index in [0.29, 0.717) is 11.1 Å². The van der Waals surface area contributed by atoms with Crippen LogP contribution in [0.25, 0.3) is 6.08 Å². The molecule has 0 unspecified atom stereocenters. The van der Waals surface area contributed by atoms with Gasteiger partial charge in [0.1, 0.15) is 5.57 Å². The van der Waals surface area contributed by atoms with Crippen molar-refractivity contribution in [2.24, 2.45) is 0 Å². The van der Waals surface area contributed by atoms with Crippen LogP contribution >= 0.6 is 0 Å². The number of benzene rings is 1. The average molecular weight is 277 g/mol. The number of nitro groups is 1. The first-order valence-corrected chi connectivity index (χ1v) is 5.42. The van der Waals surface area contributed by atoms with Crippen molar-refractivity contribution in [3.8, 4) is 0 Å². The van der Waals surface area contributed by atoms with E-state index >= 15 is 0 Å². The van der Waals surface area contributed by atoms with E-state index < -0.39 is 22.4 Å². The minimum Gasteiger partial charge on any atom is -0.477 e. The predicted molar refractivity (Wildman–Crippen MR) is 70.1 cm³/mol. The van der Waals surface area contributed by atoms with Crippen LogP contribution < -0.4 is 0 Å². The Balaban J connectivity index is 3.04. The number of carbonyl (C=O) groups is 2. The van der Waals surface area contributed by atoms with E-state index in [2.05, 4.69) is 0 Å². The van der Waals surface area contributed by atoms with Gasteiger partial charge in [-0.25, -0.2) is 9.59 Å². The number of nitro benzene ring substituents is 1. The van der Waals surface area contributed by atoms with Crippen molar-refractivity contribution in [3.63, 3.8) is 0 Å². The van der Waals surface area contributed by atoms with Gasteiger partial charge < -0.3 is 10.2 Å². The highest BCUT2D eigenvalue weighted by Crippen LogP contribution is 2.15. The van der Waals surface area contributed by atoms with E-state index in [-0.39, 0.29) is 5.69 Å². The van der Waals surface area contributed by atoms with E-state index in [1.54, 1.807) is 0 Å². The smallest absolute Gasteiger partial charge is 0.343 e. The van der Waals surface area contributed by atoms with Crippen molar-refractivity contribution >= 4 is 23.7 Å². The van der Waals surface area contributed by atoms with E-state index in [0.717, 1.165) is 6.08 Å². The Labute approximate surface area is 113 Å². The highest BCUT2D eigenvalue weighted by Gasteiger charge is 2.15. The topological polar surface area (TPSA) is 118 Å². The maximum absolute atomic E-state index is 10.7. The van der Waals surface area contributed by atoms with Gasteiger partial charge in [-0.2, -0.15) is 0 Å². The van der Waals surface area contributed by atoms with Crippen LogP contribution in [0.1, 0.15) is 12.5 Å².